The Bertz CT molecular complexity index is 1570. The van der Waals surface area contributed by atoms with Crippen LogP contribution in [0.5, 0.6) is 0 Å². The highest BCUT2D eigenvalue weighted by atomic mass is 35.5. The van der Waals surface area contributed by atoms with Gasteiger partial charge >= 0.3 is 0 Å². The van der Waals surface area contributed by atoms with Crippen molar-refractivity contribution in [3.63, 3.8) is 0 Å². The average Bonchev–Trinajstić information content (AvgIpc) is 3.16. The van der Waals surface area contributed by atoms with Crippen molar-refractivity contribution in [2.45, 2.75) is 13.5 Å². The lowest BCUT2D eigenvalue weighted by Crippen LogP contribution is -2.34. The summed E-state index contributed by atoms with van der Waals surface area (Å²) in [7, 11) is 0. The van der Waals surface area contributed by atoms with E-state index in [1.54, 1.807) is 49.5 Å². The first-order chi connectivity index (χ1) is 16.5. The van der Waals surface area contributed by atoms with E-state index in [2.05, 4.69) is 10.3 Å². The first kappa shape index (κ1) is 23.2. The normalized spacial score (nSPS) is 12.2. The Hall–Kier alpha value is -3.99. The van der Waals surface area contributed by atoms with Crippen LogP contribution in [0.4, 0.5) is 0 Å². The summed E-state index contributed by atoms with van der Waals surface area (Å²) in [6.07, 6.45) is 3.27. The maximum Gasteiger partial charge on any atom is 0.273 e. The molecule has 0 fully saturated rings. The van der Waals surface area contributed by atoms with Crippen molar-refractivity contribution in [2.75, 3.05) is 0 Å². The minimum absolute atomic E-state index is 0.155. The van der Waals surface area contributed by atoms with E-state index in [9.17, 15) is 14.9 Å². The molecule has 0 saturated heterocycles. The molecule has 168 valence electrons. The van der Waals surface area contributed by atoms with E-state index >= 15 is 0 Å². The number of thiazole rings is 1. The van der Waals surface area contributed by atoms with Crippen LogP contribution in [0.1, 0.15) is 16.8 Å². The van der Waals surface area contributed by atoms with E-state index < -0.39 is 5.91 Å². The second kappa shape index (κ2) is 10.3. The average molecular weight is 487 g/mol. The van der Waals surface area contributed by atoms with Crippen LogP contribution in [0.2, 0.25) is 5.02 Å². The van der Waals surface area contributed by atoms with Crippen LogP contribution in [0, 0.1) is 18.3 Å². The first-order valence-electron chi connectivity index (χ1n) is 10.4. The van der Waals surface area contributed by atoms with Gasteiger partial charge in [0.2, 0.25) is 0 Å². The van der Waals surface area contributed by atoms with Gasteiger partial charge < -0.3 is 5.32 Å². The van der Waals surface area contributed by atoms with Gasteiger partial charge in [-0.2, -0.15) is 5.26 Å². The van der Waals surface area contributed by atoms with Gasteiger partial charge in [-0.25, -0.2) is 0 Å². The molecule has 1 N–H and O–H groups in total. The number of nitriles is 1. The largest absolute Gasteiger partial charge is 0.347 e. The number of amides is 1. The van der Waals surface area contributed by atoms with Gasteiger partial charge in [-0.05, 0) is 48.4 Å². The fourth-order valence-corrected chi connectivity index (χ4v) is 4.61. The Morgan fingerprint density at radius 2 is 1.91 bits per heavy atom. The van der Waals surface area contributed by atoms with Gasteiger partial charge in [-0.3, -0.25) is 19.1 Å². The van der Waals surface area contributed by atoms with E-state index in [4.69, 9.17) is 11.6 Å². The number of nitrogens with one attached hydrogen (secondary N) is 1. The molecule has 0 saturated carbocycles. The molecule has 0 aliphatic carbocycles. The minimum Gasteiger partial charge on any atom is -0.347 e. The number of aromatic nitrogens is 2. The zero-order valence-electron chi connectivity index (χ0n) is 18.2. The first-order valence-corrected chi connectivity index (χ1v) is 11.6. The smallest absolute Gasteiger partial charge is 0.273 e. The number of pyridine rings is 1. The zero-order valence-corrected chi connectivity index (χ0v) is 19.7. The van der Waals surface area contributed by atoms with E-state index in [0.717, 1.165) is 16.9 Å². The minimum atomic E-state index is -0.564. The van der Waals surface area contributed by atoms with Crippen LogP contribution in [0.15, 0.2) is 77.7 Å². The van der Waals surface area contributed by atoms with Gasteiger partial charge in [0.25, 0.3) is 11.5 Å². The third kappa shape index (κ3) is 4.84. The number of halogens is 1. The summed E-state index contributed by atoms with van der Waals surface area (Å²) < 4.78 is 1.95. The van der Waals surface area contributed by atoms with E-state index in [1.807, 2.05) is 42.5 Å². The number of benzene rings is 2. The van der Waals surface area contributed by atoms with Crippen LogP contribution < -0.4 is 20.1 Å². The summed E-state index contributed by atoms with van der Waals surface area (Å²) >= 11 is 7.38. The molecule has 6 nitrogen and oxygen atoms in total. The molecular weight excluding hydrogens is 468 g/mol. The molecule has 8 heteroatoms. The summed E-state index contributed by atoms with van der Waals surface area (Å²) in [6, 6.07) is 21.9. The molecular formula is C26H19ClN4O2S. The van der Waals surface area contributed by atoms with Gasteiger partial charge in [0.05, 0.1) is 15.9 Å². The SMILES string of the molecule is Cc1c(Cl)cccc1-n1c(=O)/c(=C/c2ccccn2)s/c1=C(/C#N)C(=O)NCc1ccccc1. The molecule has 0 aliphatic rings. The second-order valence-corrected chi connectivity index (χ2v) is 8.79. The van der Waals surface area contributed by atoms with E-state index in [0.29, 0.717) is 26.5 Å². The van der Waals surface area contributed by atoms with Gasteiger partial charge in [0, 0.05) is 17.8 Å². The van der Waals surface area contributed by atoms with Gasteiger partial charge in [0.15, 0.2) is 5.57 Å². The van der Waals surface area contributed by atoms with Crippen molar-refractivity contribution in [3.8, 4) is 11.8 Å². The monoisotopic (exact) mass is 486 g/mol. The standard InChI is InChI=1S/C26H19ClN4O2S/c1-17-21(27)11-7-12-22(17)31-25(33)23(14-19-10-5-6-13-29-19)34-26(31)20(15-28)24(32)30-16-18-8-3-2-4-9-18/h2-14H,16H2,1H3,(H,30,32)/b23-14-,26-20-. The lowest BCUT2D eigenvalue weighted by molar-refractivity contribution is -0.115. The summed E-state index contributed by atoms with van der Waals surface area (Å²) in [5.74, 6) is -0.564. The summed E-state index contributed by atoms with van der Waals surface area (Å²) in [5, 5.41) is 13.2. The zero-order chi connectivity index (χ0) is 24.1. The molecule has 0 spiro atoms. The summed E-state index contributed by atoms with van der Waals surface area (Å²) in [6.45, 7) is 2.04. The molecule has 4 aromatic rings. The van der Waals surface area contributed by atoms with Gasteiger partial charge in [-0.15, -0.1) is 11.3 Å². The molecule has 0 bridgehead atoms. The second-order valence-electron chi connectivity index (χ2n) is 7.35. The van der Waals surface area contributed by atoms with Crippen LogP contribution in [-0.2, 0) is 11.3 Å². The fraction of sp³-hybridized carbons (Fsp3) is 0.0769. The van der Waals surface area contributed by atoms with Gasteiger partial charge in [-0.1, -0.05) is 54.1 Å². The molecule has 34 heavy (non-hydrogen) atoms. The molecule has 0 radical (unpaired) electrons. The third-order valence-corrected chi connectivity index (χ3v) is 6.62. The molecule has 4 rings (SSSR count). The van der Waals surface area contributed by atoms with E-state index in [-0.39, 0.29) is 22.3 Å². The summed E-state index contributed by atoms with van der Waals surface area (Å²) in [4.78, 5) is 30.8. The number of carbonyl (C=O) groups excluding carboxylic acids is 1. The maximum atomic E-state index is 13.5. The van der Waals surface area contributed by atoms with Crippen molar-refractivity contribution in [2.24, 2.45) is 0 Å². The Morgan fingerprint density at radius 3 is 2.62 bits per heavy atom. The van der Waals surface area contributed by atoms with Crippen LogP contribution in [0.3, 0.4) is 0 Å². The number of carbonyl (C=O) groups is 1. The molecule has 2 heterocycles. The van der Waals surface area contributed by atoms with Crippen molar-refractivity contribution in [1.82, 2.24) is 14.9 Å². The van der Waals surface area contributed by atoms with Gasteiger partial charge in [0.1, 0.15) is 10.7 Å². The Kier molecular flexibility index (Phi) is 7.02. The molecule has 2 aromatic carbocycles. The highest BCUT2D eigenvalue weighted by Crippen LogP contribution is 2.20. The van der Waals surface area contributed by atoms with Crippen molar-refractivity contribution in [3.05, 3.63) is 114 Å². The Balaban J connectivity index is 1.93. The van der Waals surface area contributed by atoms with Crippen molar-refractivity contribution < 1.29 is 4.79 Å². The molecule has 0 unspecified atom stereocenters. The third-order valence-electron chi connectivity index (χ3n) is 5.12. The van der Waals surface area contributed by atoms with Crippen LogP contribution in [-0.4, -0.2) is 15.5 Å². The van der Waals surface area contributed by atoms with Crippen molar-refractivity contribution >= 4 is 40.5 Å². The lowest BCUT2D eigenvalue weighted by Gasteiger charge is -2.09. The van der Waals surface area contributed by atoms with Crippen LogP contribution in [0.25, 0.3) is 17.3 Å². The molecule has 2 aromatic heterocycles. The number of hydrogen-bond donors (Lipinski definition) is 1. The molecule has 1 amide bonds. The Labute approximate surface area is 204 Å². The number of nitrogens with zero attached hydrogens (tertiary/aromatic N) is 3. The lowest BCUT2D eigenvalue weighted by atomic mass is 10.2. The number of rotatable bonds is 5. The molecule has 0 atom stereocenters. The highest BCUT2D eigenvalue weighted by Gasteiger charge is 2.18. The topological polar surface area (TPSA) is 87.8 Å². The quantitative estimate of drug-likeness (QED) is 0.469. The number of hydrogen-bond acceptors (Lipinski definition) is 5. The molecule has 0 aliphatic heterocycles. The predicted molar refractivity (Wildman–Crippen MR) is 134 cm³/mol. The van der Waals surface area contributed by atoms with E-state index in [1.165, 1.54) is 4.57 Å². The maximum absolute atomic E-state index is 13.5. The highest BCUT2D eigenvalue weighted by molar-refractivity contribution is 7.07. The fourth-order valence-electron chi connectivity index (χ4n) is 3.37. The predicted octanol–water partition coefficient (Wildman–Crippen LogP) is 3.08. The Morgan fingerprint density at radius 1 is 1.15 bits per heavy atom. The summed E-state index contributed by atoms with van der Waals surface area (Å²) in [5.41, 5.74) is 2.14. The van der Waals surface area contributed by atoms with Crippen molar-refractivity contribution in [1.29, 1.82) is 5.26 Å². The van der Waals surface area contributed by atoms with Crippen LogP contribution >= 0.6 is 22.9 Å².